The molecule has 4 amide bonds. The van der Waals surface area contributed by atoms with Crippen LogP contribution in [0.25, 0.3) is 0 Å². The molecule has 6 unspecified atom stereocenters. The fourth-order valence-electron chi connectivity index (χ4n) is 6.52. The number of carbonyl (C=O) groups is 4. The third kappa shape index (κ3) is 4.22. The Morgan fingerprint density at radius 1 is 0.562 bits per heavy atom. The van der Waals surface area contributed by atoms with Crippen LogP contribution in [-0.2, 0) is 43.4 Å². The molecule has 23 heteroatoms. The van der Waals surface area contributed by atoms with E-state index in [4.69, 9.17) is 10.2 Å². The first-order valence-electron chi connectivity index (χ1n) is 12.9. The van der Waals surface area contributed by atoms with Crippen LogP contribution < -0.4 is 0 Å². The molecule has 6 atom stereocenters. The summed E-state index contributed by atoms with van der Waals surface area (Å²) in [5.74, 6) is -43.1. The van der Waals surface area contributed by atoms with Crippen LogP contribution in [0.15, 0.2) is 21.9 Å². The van der Waals surface area contributed by atoms with Crippen molar-refractivity contribution in [2.45, 2.75) is 9.79 Å². The van der Waals surface area contributed by atoms with E-state index < -0.39 is 158 Å². The monoisotopic (exact) mass is 732 g/mol. The molecule has 5 aliphatic rings. The predicted molar refractivity (Wildman–Crippen MR) is 130 cm³/mol. The molecule has 3 aliphatic carbocycles. The molecule has 0 spiro atoms. The summed E-state index contributed by atoms with van der Waals surface area (Å²) in [4.78, 5) is 48.5. The van der Waals surface area contributed by atoms with Gasteiger partial charge in [0.15, 0.2) is 39.7 Å². The van der Waals surface area contributed by atoms with Crippen molar-refractivity contribution >= 4 is 43.6 Å². The zero-order valence-corrected chi connectivity index (χ0v) is 24.3. The van der Waals surface area contributed by atoms with Crippen LogP contribution in [0.5, 0.6) is 11.5 Å². The molecule has 2 bridgehead atoms. The second kappa shape index (κ2) is 10.4. The van der Waals surface area contributed by atoms with Crippen LogP contribution >= 0.6 is 0 Å². The lowest BCUT2D eigenvalue weighted by Gasteiger charge is -2.44. The number of hydrogen-bond acceptors (Lipinski definition) is 11. The highest BCUT2D eigenvalue weighted by Gasteiger charge is 2.69. The summed E-state index contributed by atoms with van der Waals surface area (Å²) in [7, 11) is -11.8. The highest BCUT2D eigenvalue weighted by atomic mass is 32.2. The molecule has 7 rings (SSSR count). The van der Waals surface area contributed by atoms with Gasteiger partial charge in [-0.25, -0.2) is 26.0 Å². The molecule has 256 valence electrons. The summed E-state index contributed by atoms with van der Waals surface area (Å²) in [5, 5.41) is 17.7. The normalized spacial score (nSPS) is 26.6. The number of phenols is 2. The number of allylic oxidation sites excluding steroid dienone is 2. The maximum absolute atomic E-state index is 14.4. The van der Waals surface area contributed by atoms with Gasteiger partial charge in [-0.2, -0.15) is 26.0 Å². The molecule has 1 saturated carbocycles. The van der Waals surface area contributed by atoms with E-state index in [9.17, 15) is 71.1 Å². The van der Waals surface area contributed by atoms with E-state index >= 15 is 0 Å². The van der Waals surface area contributed by atoms with Crippen molar-refractivity contribution in [3.8, 4) is 11.5 Å². The number of carbonyl (C=O) groups excluding carboxylic acids is 4. The first kappa shape index (κ1) is 33.3. The lowest BCUT2D eigenvalue weighted by molar-refractivity contribution is -0.165. The van der Waals surface area contributed by atoms with Crippen LogP contribution in [0, 0.1) is 82.0 Å². The van der Waals surface area contributed by atoms with Crippen LogP contribution in [0.3, 0.4) is 0 Å². The number of benzene rings is 2. The molecular weight excluding hydrogens is 720 g/mol. The standard InChI is InChI=1S/C25H12F8N2O11S2/c26-10-14(30)20(15(31)11(27)18(10)36)47(42,43)3-34-22(38)6-4-1-2-5(7(6)23(34)39)9-8(4)24(40)35(25(9)41)46-48(44,45)21-16(32)12(28)19(37)13(29)17(21)33/h1-2,4-9,36-37H,3H2. The molecule has 13 nitrogen and oxygen atoms in total. The van der Waals surface area contributed by atoms with E-state index in [0.29, 0.717) is 0 Å². The van der Waals surface area contributed by atoms with Gasteiger partial charge < -0.3 is 10.2 Å². The molecule has 2 N–H and O–H groups in total. The Bertz CT molecular complexity index is 1930. The minimum absolute atomic E-state index is 0.0621. The molecule has 2 saturated heterocycles. The molecule has 2 aliphatic heterocycles. The number of hydroxylamine groups is 2. The molecule has 2 aromatic carbocycles. The Morgan fingerprint density at radius 3 is 1.27 bits per heavy atom. The van der Waals surface area contributed by atoms with Crippen molar-refractivity contribution < 1.29 is 85.6 Å². The van der Waals surface area contributed by atoms with Gasteiger partial charge in [-0.3, -0.25) is 24.1 Å². The number of sulfone groups is 1. The molecule has 2 heterocycles. The number of rotatable bonds is 6. The molecule has 0 aromatic heterocycles. The summed E-state index contributed by atoms with van der Waals surface area (Å²) in [6.45, 7) is 0. The minimum Gasteiger partial charge on any atom is -0.503 e. The Balaban J connectivity index is 1.31. The SMILES string of the molecule is O=C1C2C3C=CC(C2C(=O)N1CS(=O)(=O)c1c(F)c(F)c(O)c(F)c1F)C1C(=O)N(OS(=O)(=O)c2c(F)c(F)c(O)c(F)c2F)C(=O)C31. The van der Waals surface area contributed by atoms with Crippen molar-refractivity contribution in [1.82, 2.24) is 9.96 Å². The number of nitrogens with zero attached hydrogens (tertiary/aromatic N) is 2. The molecule has 2 aromatic rings. The van der Waals surface area contributed by atoms with E-state index in [1.54, 1.807) is 0 Å². The lowest BCUT2D eigenvalue weighted by Crippen LogP contribution is -2.50. The van der Waals surface area contributed by atoms with Crippen molar-refractivity contribution in [3.63, 3.8) is 0 Å². The first-order valence-corrected chi connectivity index (χ1v) is 15.9. The maximum Gasteiger partial charge on any atom is 0.324 e. The third-order valence-electron chi connectivity index (χ3n) is 8.49. The Labute approximate surface area is 260 Å². The smallest absolute Gasteiger partial charge is 0.324 e. The van der Waals surface area contributed by atoms with Gasteiger partial charge in [-0.05, 0) is 0 Å². The lowest BCUT2D eigenvalue weighted by atomic mass is 9.54. The fourth-order valence-corrected chi connectivity index (χ4v) is 9.01. The molecule has 0 radical (unpaired) electrons. The van der Waals surface area contributed by atoms with Gasteiger partial charge in [-0.1, -0.05) is 12.2 Å². The van der Waals surface area contributed by atoms with Gasteiger partial charge in [0.05, 0.1) is 23.7 Å². The maximum atomic E-state index is 14.4. The largest absolute Gasteiger partial charge is 0.503 e. The third-order valence-corrected chi connectivity index (χ3v) is 11.3. The van der Waals surface area contributed by atoms with Crippen molar-refractivity contribution in [2.75, 3.05) is 5.88 Å². The summed E-state index contributed by atoms with van der Waals surface area (Å²) in [6, 6.07) is 0. The quantitative estimate of drug-likeness (QED) is 0.188. The van der Waals surface area contributed by atoms with Gasteiger partial charge in [0.2, 0.25) is 44.9 Å². The second-order valence-corrected chi connectivity index (χ2v) is 14.2. The fraction of sp³-hybridized carbons (Fsp3) is 0.280. The van der Waals surface area contributed by atoms with Crippen LogP contribution in [0.1, 0.15) is 0 Å². The van der Waals surface area contributed by atoms with Crippen molar-refractivity contribution in [1.29, 1.82) is 0 Å². The summed E-state index contributed by atoms with van der Waals surface area (Å²) in [6.07, 6.45) is 2.24. The first-order chi connectivity index (χ1) is 22.2. The minimum atomic E-state index is -6.12. The van der Waals surface area contributed by atoms with Gasteiger partial charge in [0, 0.05) is 11.8 Å². The number of aromatic hydroxyl groups is 2. The van der Waals surface area contributed by atoms with Crippen LogP contribution in [0.4, 0.5) is 35.1 Å². The zero-order chi connectivity index (χ0) is 35.7. The molecule has 3 fully saturated rings. The van der Waals surface area contributed by atoms with E-state index in [1.165, 1.54) is 0 Å². The molecule has 48 heavy (non-hydrogen) atoms. The predicted octanol–water partition coefficient (Wildman–Crippen LogP) is 1.28. The average molecular weight is 732 g/mol. The highest BCUT2D eigenvalue weighted by Crippen LogP contribution is 2.58. The number of imide groups is 2. The van der Waals surface area contributed by atoms with Gasteiger partial charge in [0.1, 0.15) is 10.8 Å². The topological polar surface area (TPSA) is 193 Å². The van der Waals surface area contributed by atoms with Crippen molar-refractivity contribution in [3.05, 3.63) is 58.7 Å². The Hall–Kier alpha value is -4.64. The van der Waals surface area contributed by atoms with Crippen molar-refractivity contribution in [2.24, 2.45) is 35.5 Å². The second-order valence-electron chi connectivity index (χ2n) is 10.9. The van der Waals surface area contributed by atoms with Gasteiger partial charge >= 0.3 is 10.1 Å². The summed E-state index contributed by atoms with van der Waals surface area (Å²) >= 11 is 0. The Morgan fingerprint density at radius 2 is 0.896 bits per heavy atom. The van der Waals surface area contributed by atoms with Gasteiger partial charge in [0.25, 0.3) is 11.8 Å². The number of amides is 4. The summed E-state index contributed by atoms with van der Waals surface area (Å²) in [5.41, 5.74) is 0. The number of hydrogen-bond donors (Lipinski definition) is 2. The van der Waals surface area contributed by atoms with E-state index in [-0.39, 0.29) is 4.90 Å². The average Bonchev–Trinajstić information content (AvgIpc) is 3.43. The van der Waals surface area contributed by atoms with Gasteiger partial charge in [-0.15, -0.1) is 9.35 Å². The van der Waals surface area contributed by atoms with Crippen LogP contribution in [0.2, 0.25) is 0 Å². The summed E-state index contributed by atoms with van der Waals surface area (Å²) < 4.78 is 168. The number of halogens is 8. The highest BCUT2D eigenvalue weighted by molar-refractivity contribution is 7.91. The molecular formula is C25H12F8N2O11S2. The van der Waals surface area contributed by atoms with E-state index in [0.717, 1.165) is 12.2 Å². The zero-order valence-electron chi connectivity index (χ0n) is 22.6. The van der Waals surface area contributed by atoms with E-state index in [2.05, 4.69) is 4.28 Å². The van der Waals surface area contributed by atoms with E-state index in [1.807, 2.05) is 0 Å². The van der Waals surface area contributed by atoms with Crippen LogP contribution in [-0.4, -0.2) is 66.5 Å². The number of phenolic OH excluding ortho intramolecular Hbond substituents is 2. The Kier molecular flexibility index (Phi) is 7.23. The number of likely N-dealkylation sites (tertiary alicyclic amines) is 1.